The van der Waals surface area contributed by atoms with E-state index >= 15 is 0 Å². The summed E-state index contributed by atoms with van der Waals surface area (Å²) in [6.45, 7) is 2.07. The quantitative estimate of drug-likeness (QED) is 0.503. The van der Waals surface area contributed by atoms with Crippen molar-refractivity contribution in [2.24, 2.45) is 5.84 Å². The maximum absolute atomic E-state index is 5.82. The van der Waals surface area contributed by atoms with E-state index in [-0.39, 0.29) is 6.04 Å². The first-order chi connectivity index (χ1) is 9.71. The van der Waals surface area contributed by atoms with E-state index in [1.807, 2.05) is 24.3 Å². The highest BCUT2D eigenvalue weighted by Gasteiger charge is 2.19. The molecule has 0 fully saturated rings. The van der Waals surface area contributed by atoms with Gasteiger partial charge in [-0.25, -0.2) is 5.43 Å². The fourth-order valence-corrected chi connectivity index (χ4v) is 2.97. The van der Waals surface area contributed by atoms with Gasteiger partial charge in [0.2, 0.25) is 0 Å². The molecule has 20 heavy (non-hydrogen) atoms. The lowest BCUT2D eigenvalue weighted by atomic mass is 9.97. The molecule has 0 saturated carbocycles. The fourth-order valence-electron chi connectivity index (χ4n) is 2.33. The molecule has 4 heteroatoms. The zero-order valence-corrected chi connectivity index (χ0v) is 12.8. The lowest BCUT2D eigenvalue weighted by molar-refractivity contribution is 0.404. The van der Waals surface area contributed by atoms with Gasteiger partial charge < -0.3 is 4.74 Å². The number of nitrogens with one attached hydrogen (secondary N) is 1. The molecule has 1 atom stereocenters. The first-order valence-corrected chi connectivity index (χ1v) is 7.67. The van der Waals surface area contributed by atoms with Gasteiger partial charge in [-0.1, -0.05) is 35.9 Å². The Morgan fingerprint density at radius 3 is 2.55 bits per heavy atom. The van der Waals surface area contributed by atoms with Gasteiger partial charge in [-0.15, -0.1) is 11.8 Å². The minimum absolute atomic E-state index is 0.0894. The van der Waals surface area contributed by atoms with E-state index in [9.17, 15) is 0 Å². The Labute approximate surface area is 124 Å². The number of hydrazine groups is 1. The standard InChI is InChI=1S/C16H20N2OS/c1-11-8-9-14(19-2)13(10-11)16(18-17)12-6-4-5-7-15(12)20-3/h4-10,16,18H,17H2,1-3H3. The van der Waals surface area contributed by atoms with Crippen LogP contribution >= 0.6 is 11.8 Å². The molecule has 1 unspecified atom stereocenters. The van der Waals surface area contributed by atoms with Crippen LogP contribution in [0.1, 0.15) is 22.7 Å². The number of nitrogens with two attached hydrogens (primary N) is 1. The van der Waals surface area contributed by atoms with E-state index in [1.54, 1.807) is 18.9 Å². The monoisotopic (exact) mass is 288 g/mol. The zero-order chi connectivity index (χ0) is 14.5. The molecule has 0 aliphatic rings. The van der Waals surface area contributed by atoms with Crippen LogP contribution in [-0.4, -0.2) is 13.4 Å². The predicted octanol–water partition coefficient (Wildman–Crippen LogP) is 3.28. The molecule has 0 radical (unpaired) electrons. The van der Waals surface area contributed by atoms with Crippen LogP contribution in [-0.2, 0) is 0 Å². The second kappa shape index (κ2) is 6.79. The van der Waals surface area contributed by atoms with Gasteiger partial charge in [-0.05, 0) is 30.9 Å². The van der Waals surface area contributed by atoms with Gasteiger partial charge in [0, 0.05) is 10.5 Å². The third-order valence-electron chi connectivity index (χ3n) is 3.31. The van der Waals surface area contributed by atoms with Crippen molar-refractivity contribution in [3.05, 3.63) is 59.2 Å². The molecule has 0 saturated heterocycles. The van der Waals surface area contributed by atoms with Gasteiger partial charge in [0.05, 0.1) is 13.2 Å². The largest absolute Gasteiger partial charge is 0.496 e. The Kier molecular flexibility index (Phi) is 5.06. The normalized spacial score (nSPS) is 12.2. The number of hydrogen-bond donors (Lipinski definition) is 2. The number of aryl methyl sites for hydroxylation is 1. The Balaban J connectivity index is 2.55. The highest BCUT2D eigenvalue weighted by atomic mass is 32.2. The van der Waals surface area contributed by atoms with Crippen LogP contribution in [0.4, 0.5) is 0 Å². The van der Waals surface area contributed by atoms with Crippen LogP contribution in [0, 0.1) is 6.92 Å². The zero-order valence-electron chi connectivity index (χ0n) is 12.0. The number of hydrogen-bond acceptors (Lipinski definition) is 4. The molecule has 2 rings (SSSR count). The molecule has 3 N–H and O–H groups in total. The molecule has 0 aliphatic carbocycles. The van der Waals surface area contributed by atoms with Crippen LogP contribution in [0.5, 0.6) is 5.75 Å². The smallest absolute Gasteiger partial charge is 0.124 e. The molecular formula is C16H20N2OS. The third-order valence-corrected chi connectivity index (χ3v) is 4.12. The van der Waals surface area contributed by atoms with Crippen LogP contribution in [0.2, 0.25) is 0 Å². The van der Waals surface area contributed by atoms with E-state index in [1.165, 1.54) is 10.5 Å². The third kappa shape index (κ3) is 2.98. The minimum Gasteiger partial charge on any atom is -0.496 e. The highest BCUT2D eigenvalue weighted by Crippen LogP contribution is 2.34. The van der Waals surface area contributed by atoms with Crippen molar-refractivity contribution in [2.75, 3.05) is 13.4 Å². The van der Waals surface area contributed by atoms with Gasteiger partial charge in [0.25, 0.3) is 0 Å². The summed E-state index contributed by atoms with van der Waals surface area (Å²) in [5, 5.41) is 0. The van der Waals surface area contributed by atoms with Gasteiger partial charge >= 0.3 is 0 Å². The van der Waals surface area contributed by atoms with E-state index in [0.29, 0.717) is 0 Å². The number of methoxy groups -OCH3 is 1. The summed E-state index contributed by atoms with van der Waals surface area (Å²) in [5.74, 6) is 6.66. The average molecular weight is 288 g/mol. The molecule has 0 heterocycles. The number of benzene rings is 2. The van der Waals surface area contributed by atoms with Crippen molar-refractivity contribution in [3.8, 4) is 5.75 Å². The summed E-state index contributed by atoms with van der Waals surface area (Å²) in [4.78, 5) is 1.21. The van der Waals surface area contributed by atoms with Crippen LogP contribution in [0.15, 0.2) is 47.4 Å². The lowest BCUT2D eigenvalue weighted by Crippen LogP contribution is -2.29. The minimum atomic E-state index is -0.0894. The summed E-state index contributed by atoms with van der Waals surface area (Å²) in [6, 6.07) is 14.3. The van der Waals surface area contributed by atoms with E-state index in [4.69, 9.17) is 10.6 Å². The molecule has 106 valence electrons. The second-order valence-corrected chi connectivity index (χ2v) is 5.44. The van der Waals surface area contributed by atoms with Gasteiger partial charge in [0.15, 0.2) is 0 Å². The number of ether oxygens (including phenoxy) is 1. The van der Waals surface area contributed by atoms with Crippen molar-refractivity contribution in [3.63, 3.8) is 0 Å². The number of thioether (sulfide) groups is 1. The molecule has 0 aliphatic heterocycles. The lowest BCUT2D eigenvalue weighted by Gasteiger charge is -2.22. The molecule has 3 nitrogen and oxygen atoms in total. The summed E-state index contributed by atoms with van der Waals surface area (Å²) in [7, 11) is 1.68. The molecule has 0 spiro atoms. The van der Waals surface area contributed by atoms with E-state index in [0.717, 1.165) is 16.9 Å². The molecule has 2 aromatic carbocycles. The Hall–Kier alpha value is -1.49. The first kappa shape index (κ1) is 14.9. The highest BCUT2D eigenvalue weighted by molar-refractivity contribution is 7.98. The van der Waals surface area contributed by atoms with E-state index in [2.05, 4.69) is 36.8 Å². The first-order valence-electron chi connectivity index (χ1n) is 6.44. The van der Waals surface area contributed by atoms with Crippen molar-refractivity contribution < 1.29 is 4.74 Å². The van der Waals surface area contributed by atoms with Crippen molar-refractivity contribution >= 4 is 11.8 Å². The molecular weight excluding hydrogens is 268 g/mol. The van der Waals surface area contributed by atoms with Crippen molar-refractivity contribution in [2.45, 2.75) is 17.9 Å². The maximum atomic E-state index is 5.82. The summed E-state index contributed by atoms with van der Waals surface area (Å²) in [6.07, 6.45) is 2.07. The topological polar surface area (TPSA) is 47.3 Å². The second-order valence-electron chi connectivity index (χ2n) is 4.59. The fraction of sp³-hybridized carbons (Fsp3) is 0.250. The summed E-state index contributed by atoms with van der Waals surface area (Å²) < 4.78 is 5.48. The predicted molar refractivity (Wildman–Crippen MR) is 85.1 cm³/mol. The number of rotatable bonds is 5. The van der Waals surface area contributed by atoms with Crippen molar-refractivity contribution in [1.82, 2.24) is 5.43 Å². The average Bonchev–Trinajstić information content (AvgIpc) is 2.49. The SMILES string of the molecule is COc1ccc(C)cc1C(NN)c1ccccc1SC. The summed E-state index contributed by atoms with van der Waals surface area (Å²) >= 11 is 1.72. The Morgan fingerprint density at radius 2 is 1.90 bits per heavy atom. The van der Waals surface area contributed by atoms with Gasteiger partial charge in [-0.2, -0.15) is 0 Å². The summed E-state index contributed by atoms with van der Waals surface area (Å²) in [5.41, 5.74) is 6.31. The molecule has 2 aromatic rings. The van der Waals surface area contributed by atoms with Crippen LogP contribution in [0.25, 0.3) is 0 Å². The van der Waals surface area contributed by atoms with Gasteiger partial charge in [0.1, 0.15) is 5.75 Å². The molecule has 0 bridgehead atoms. The Bertz CT molecular complexity index is 586. The van der Waals surface area contributed by atoms with E-state index < -0.39 is 0 Å². The van der Waals surface area contributed by atoms with Crippen molar-refractivity contribution in [1.29, 1.82) is 0 Å². The van der Waals surface area contributed by atoms with Gasteiger partial charge in [-0.3, -0.25) is 5.84 Å². The molecule has 0 aromatic heterocycles. The van der Waals surface area contributed by atoms with Crippen LogP contribution in [0.3, 0.4) is 0 Å². The Morgan fingerprint density at radius 1 is 1.15 bits per heavy atom. The maximum Gasteiger partial charge on any atom is 0.124 e. The van der Waals surface area contributed by atoms with Crippen LogP contribution < -0.4 is 16.0 Å². The molecule has 0 amide bonds.